The zero-order valence-corrected chi connectivity index (χ0v) is 9.91. The third-order valence-corrected chi connectivity index (χ3v) is 1.73. The van der Waals surface area contributed by atoms with Crippen LogP contribution in [0.25, 0.3) is 0 Å². The van der Waals surface area contributed by atoms with Gasteiger partial charge in [0.05, 0.1) is 27.1 Å². The van der Waals surface area contributed by atoms with E-state index in [1.807, 2.05) is 0 Å². The monoisotopic (exact) mass is 272 g/mol. The fourth-order valence-corrected chi connectivity index (χ4v) is 0.836. The van der Waals surface area contributed by atoms with E-state index in [1.54, 1.807) is 0 Å². The highest BCUT2D eigenvalue weighted by molar-refractivity contribution is 5.88. The number of aliphatic hydroxyl groups is 1. The lowest BCUT2D eigenvalue weighted by Gasteiger charge is -2.20. The molecule has 0 aromatic carbocycles. The van der Waals surface area contributed by atoms with Crippen LogP contribution < -0.4 is 11.7 Å². The Morgan fingerprint density at radius 2 is 1.33 bits per heavy atom. The van der Waals surface area contributed by atoms with Crippen LogP contribution >= 0.6 is 0 Å². The molecule has 0 amide bonds. The first-order valence-corrected chi connectivity index (χ1v) is 4.28. The van der Waals surface area contributed by atoms with E-state index in [0.717, 1.165) is 14.2 Å². The number of hydrogen-bond acceptors (Lipinski definition) is 8. The summed E-state index contributed by atoms with van der Waals surface area (Å²) in [5, 5.41) is 18.1. The van der Waals surface area contributed by atoms with Crippen molar-refractivity contribution < 1.29 is 38.8 Å². The van der Waals surface area contributed by atoms with E-state index in [2.05, 4.69) is 21.2 Å². The van der Waals surface area contributed by atoms with Crippen LogP contribution in [0.1, 0.15) is 12.8 Å². The molecule has 0 aliphatic rings. The van der Waals surface area contributed by atoms with Gasteiger partial charge in [0.15, 0.2) is 5.60 Å². The minimum Gasteiger partial charge on any atom is -0.479 e. The molecule has 0 rings (SSSR count). The second kappa shape index (κ2) is 10.4. The number of carbonyl (C=O) groups is 3. The molecule has 6 N–H and O–H groups in total. The number of ether oxygens (including phenoxy) is 2. The lowest BCUT2D eigenvalue weighted by Crippen LogP contribution is -2.43. The van der Waals surface area contributed by atoms with E-state index < -0.39 is 36.4 Å². The molecule has 0 radical (unpaired) electrons. The Hall–Kier alpha value is -1.78. The smallest absolute Gasteiger partial charge is 0.336 e. The van der Waals surface area contributed by atoms with E-state index in [1.165, 1.54) is 0 Å². The lowest BCUT2D eigenvalue weighted by molar-refractivity contribution is -0.171. The molecule has 0 saturated heterocycles. The molecular formula is C8H17FN2O7. The first-order chi connectivity index (χ1) is 7.85. The molecule has 10 heteroatoms. The number of methoxy groups -OCH3 is 2. The molecule has 0 aliphatic carbocycles. The summed E-state index contributed by atoms with van der Waals surface area (Å²) in [6, 6.07) is 0. The normalized spacial score (nSPS) is 9.17. The van der Waals surface area contributed by atoms with Crippen molar-refractivity contribution in [2.45, 2.75) is 18.4 Å². The molecule has 0 heterocycles. The number of carboxylic acid groups (broad SMARTS) is 1. The topological polar surface area (TPSA) is 162 Å². The minimum absolute atomic E-state index is 0. The van der Waals surface area contributed by atoms with Crippen LogP contribution in [-0.4, -0.2) is 47.9 Å². The molecule has 0 aliphatic heterocycles. The van der Waals surface area contributed by atoms with E-state index in [0.29, 0.717) is 0 Å². The number of hydrogen-bond donors (Lipinski definition) is 4. The van der Waals surface area contributed by atoms with Crippen molar-refractivity contribution in [3.05, 3.63) is 0 Å². The predicted molar refractivity (Wildman–Crippen MR) is 56.7 cm³/mol. The van der Waals surface area contributed by atoms with Crippen molar-refractivity contribution in [2.75, 3.05) is 14.2 Å². The van der Waals surface area contributed by atoms with Crippen LogP contribution in [0.15, 0.2) is 0 Å². The third kappa shape index (κ3) is 7.49. The quantitative estimate of drug-likeness (QED) is 0.249. The molecule has 0 aromatic rings. The van der Waals surface area contributed by atoms with Gasteiger partial charge in [-0.15, -0.1) is 0 Å². The molecule has 108 valence electrons. The number of carbonyl (C=O) groups excluding carboxylic acids is 2. The summed E-state index contributed by atoms with van der Waals surface area (Å²) in [7, 11) is 2.09. The maximum Gasteiger partial charge on any atom is 0.336 e. The summed E-state index contributed by atoms with van der Waals surface area (Å²) in [4.78, 5) is 32.3. The van der Waals surface area contributed by atoms with Crippen LogP contribution in [0.3, 0.4) is 0 Å². The van der Waals surface area contributed by atoms with E-state index in [4.69, 9.17) is 5.11 Å². The Morgan fingerprint density at radius 1 is 1.06 bits per heavy atom. The molecule has 18 heavy (non-hydrogen) atoms. The summed E-state index contributed by atoms with van der Waals surface area (Å²) in [5.41, 5.74) is -2.49. The molecule has 0 atom stereocenters. The van der Waals surface area contributed by atoms with Crippen molar-refractivity contribution in [2.24, 2.45) is 11.7 Å². The van der Waals surface area contributed by atoms with Gasteiger partial charge in [0.2, 0.25) is 0 Å². The Bertz CT molecular complexity index is 267. The summed E-state index contributed by atoms with van der Waals surface area (Å²) < 4.78 is 8.39. The van der Waals surface area contributed by atoms with Crippen LogP contribution in [-0.2, 0) is 23.9 Å². The third-order valence-electron chi connectivity index (χ3n) is 1.73. The van der Waals surface area contributed by atoms with Crippen molar-refractivity contribution >= 4 is 17.9 Å². The Labute approximate surface area is 102 Å². The maximum atomic E-state index is 10.8. The van der Waals surface area contributed by atoms with Crippen molar-refractivity contribution in [3.8, 4) is 0 Å². The maximum absolute atomic E-state index is 10.8. The molecule has 9 nitrogen and oxygen atoms in total. The largest absolute Gasteiger partial charge is 0.479 e. The Morgan fingerprint density at radius 3 is 1.50 bits per heavy atom. The van der Waals surface area contributed by atoms with Crippen LogP contribution in [0, 0.1) is 0 Å². The number of hydrazine groups is 1. The molecule has 0 saturated carbocycles. The summed E-state index contributed by atoms with van der Waals surface area (Å²) in [6.07, 6.45) is -1.62. The summed E-state index contributed by atoms with van der Waals surface area (Å²) in [5.74, 6) is 4.46. The summed E-state index contributed by atoms with van der Waals surface area (Å²) in [6.45, 7) is 0. The highest BCUT2D eigenvalue weighted by Crippen LogP contribution is 2.17. The Kier molecular flexibility index (Phi) is 12.4. The minimum atomic E-state index is -2.49. The van der Waals surface area contributed by atoms with Gasteiger partial charge in [-0.2, -0.15) is 0 Å². The molecule has 0 fully saturated rings. The zero-order chi connectivity index (χ0) is 14.1. The standard InChI is InChI=1S/C8H12O7.FH.H4N2/c1-14-5(9)3-8(13,7(11)12)4-6(10)15-2;;1-2/h13H,3-4H2,1-2H3,(H,11,12);1H;1-2H2. The second-order valence-electron chi connectivity index (χ2n) is 2.84. The predicted octanol–water partition coefficient (Wildman–Crippen LogP) is -2.10. The zero-order valence-electron chi connectivity index (χ0n) is 9.91. The highest BCUT2D eigenvalue weighted by Gasteiger charge is 2.41. The van der Waals surface area contributed by atoms with Crippen molar-refractivity contribution in [1.29, 1.82) is 0 Å². The van der Waals surface area contributed by atoms with Crippen molar-refractivity contribution in [3.63, 3.8) is 0 Å². The van der Waals surface area contributed by atoms with E-state index in [9.17, 15) is 19.5 Å². The lowest BCUT2D eigenvalue weighted by atomic mass is 9.96. The number of aliphatic carboxylic acids is 1. The van der Waals surface area contributed by atoms with Gasteiger partial charge in [-0.05, 0) is 0 Å². The van der Waals surface area contributed by atoms with Crippen molar-refractivity contribution in [1.82, 2.24) is 0 Å². The van der Waals surface area contributed by atoms with Gasteiger partial charge in [0.25, 0.3) is 0 Å². The molecule has 0 bridgehead atoms. The average molecular weight is 272 g/mol. The first-order valence-electron chi connectivity index (χ1n) is 4.28. The number of halogens is 1. The van der Waals surface area contributed by atoms with Gasteiger partial charge < -0.3 is 19.7 Å². The highest BCUT2D eigenvalue weighted by atomic mass is 19.0. The fraction of sp³-hybridized carbons (Fsp3) is 0.625. The molecule has 0 aromatic heterocycles. The number of esters is 2. The van der Waals surface area contributed by atoms with Gasteiger partial charge in [-0.1, -0.05) is 0 Å². The van der Waals surface area contributed by atoms with E-state index >= 15 is 0 Å². The van der Waals surface area contributed by atoms with Gasteiger partial charge >= 0.3 is 17.9 Å². The fourth-order valence-electron chi connectivity index (χ4n) is 0.836. The first kappa shape index (κ1) is 21.5. The van der Waals surface area contributed by atoms with Gasteiger partial charge in [-0.3, -0.25) is 26.0 Å². The second-order valence-corrected chi connectivity index (χ2v) is 2.84. The van der Waals surface area contributed by atoms with Gasteiger partial charge in [0, 0.05) is 0 Å². The average Bonchev–Trinajstić information content (AvgIpc) is 2.30. The van der Waals surface area contributed by atoms with Crippen LogP contribution in [0.4, 0.5) is 4.70 Å². The Balaban J connectivity index is -0.000000709. The van der Waals surface area contributed by atoms with Crippen LogP contribution in [0.5, 0.6) is 0 Å². The number of rotatable bonds is 5. The summed E-state index contributed by atoms with van der Waals surface area (Å²) >= 11 is 0. The molecule has 0 unspecified atom stereocenters. The SMILES string of the molecule is COC(=O)CC(O)(CC(=O)OC)C(=O)O.F.NN. The van der Waals surface area contributed by atoms with E-state index in [-0.39, 0.29) is 4.70 Å². The molecular weight excluding hydrogens is 255 g/mol. The number of nitrogens with two attached hydrogens (primary N) is 2. The van der Waals surface area contributed by atoms with Gasteiger partial charge in [0.1, 0.15) is 0 Å². The van der Waals surface area contributed by atoms with Gasteiger partial charge in [-0.25, -0.2) is 4.79 Å². The number of carboxylic acids is 1. The van der Waals surface area contributed by atoms with Crippen LogP contribution in [0.2, 0.25) is 0 Å². The molecule has 0 spiro atoms.